The van der Waals surface area contributed by atoms with Gasteiger partial charge in [0.2, 0.25) is 10.0 Å². The predicted octanol–water partition coefficient (Wildman–Crippen LogP) is 1.76. The van der Waals surface area contributed by atoms with Gasteiger partial charge in [-0.3, -0.25) is 4.31 Å². The zero-order chi connectivity index (χ0) is 18.8. The third kappa shape index (κ3) is 3.88. The average Bonchev–Trinajstić information content (AvgIpc) is 2.56. The van der Waals surface area contributed by atoms with Crippen LogP contribution in [-0.4, -0.2) is 57.1 Å². The molecule has 8 nitrogen and oxygen atoms in total. The molecule has 0 amide bonds. The summed E-state index contributed by atoms with van der Waals surface area (Å²) in [5, 5.41) is 9.34. The number of rotatable bonds is 7. The summed E-state index contributed by atoms with van der Waals surface area (Å²) in [6.07, 6.45) is 1.32. The van der Waals surface area contributed by atoms with Gasteiger partial charge in [-0.15, -0.1) is 0 Å². The topological polar surface area (TPSA) is 102 Å². The molecule has 0 spiro atoms. The van der Waals surface area contributed by atoms with Gasteiger partial charge in [0.25, 0.3) is 11.8 Å². The summed E-state index contributed by atoms with van der Waals surface area (Å²) in [5.74, 6) is 0.302. The molecule has 2 rings (SSSR count). The number of aromatic nitrogens is 2. The number of aryl methyl sites for hydroxylation is 1. The van der Waals surface area contributed by atoms with Crippen molar-refractivity contribution < 1.29 is 23.0 Å². The lowest BCUT2D eigenvalue weighted by Gasteiger charge is -2.25. The van der Waals surface area contributed by atoms with E-state index in [-0.39, 0.29) is 47.6 Å². The van der Waals surface area contributed by atoms with Crippen molar-refractivity contribution in [3.8, 4) is 11.8 Å². The van der Waals surface area contributed by atoms with Crippen LogP contribution in [-0.2, 0) is 10.0 Å². The summed E-state index contributed by atoms with van der Waals surface area (Å²) in [6.45, 7) is 1.65. The Bertz CT molecular complexity index is 889. The van der Waals surface area contributed by atoms with Crippen molar-refractivity contribution >= 4 is 38.3 Å². The molecule has 0 aliphatic rings. The maximum Gasteiger partial charge on any atom is 0.278 e. The molecule has 0 atom stereocenters. The van der Waals surface area contributed by atoms with Gasteiger partial charge >= 0.3 is 0 Å². The molecule has 25 heavy (non-hydrogen) atoms. The lowest BCUT2D eigenvalue weighted by Crippen LogP contribution is -2.32. The van der Waals surface area contributed by atoms with Crippen molar-refractivity contribution in [3.05, 3.63) is 16.7 Å². The van der Waals surface area contributed by atoms with E-state index in [1.54, 1.807) is 13.0 Å². The highest BCUT2D eigenvalue weighted by atomic mass is 35.5. The molecule has 138 valence electrons. The molecule has 0 radical (unpaired) electrons. The summed E-state index contributed by atoms with van der Waals surface area (Å²) in [6, 6.07) is 1.70. The number of hydrogen-bond acceptors (Lipinski definition) is 7. The lowest BCUT2D eigenvalue weighted by atomic mass is 10.1. The molecule has 1 heterocycles. The first kappa shape index (κ1) is 19.5. The van der Waals surface area contributed by atoms with Gasteiger partial charge in [-0.1, -0.05) is 11.6 Å². The maximum absolute atomic E-state index is 12.3. The molecule has 0 fully saturated rings. The Morgan fingerprint density at radius 1 is 1.24 bits per heavy atom. The second kappa shape index (κ2) is 7.59. The highest BCUT2D eigenvalue weighted by molar-refractivity contribution is 7.92. The summed E-state index contributed by atoms with van der Waals surface area (Å²) in [4.78, 5) is 8.68. The fourth-order valence-electron chi connectivity index (χ4n) is 2.40. The third-order valence-electron chi connectivity index (χ3n) is 3.55. The van der Waals surface area contributed by atoms with Crippen LogP contribution in [0.1, 0.15) is 12.0 Å². The number of methoxy groups -OCH3 is 2. The zero-order valence-corrected chi connectivity index (χ0v) is 16.0. The number of sulfonamides is 1. The fourth-order valence-corrected chi connectivity index (χ4v) is 3.67. The number of fused-ring (bicyclic) bond motifs is 1. The van der Waals surface area contributed by atoms with E-state index in [1.807, 2.05) is 0 Å². The van der Waals surface area contributed by atoms with Crippen LogP contribution in [0.5, 0.6) is 11.8 Å². The number of benzene rings is 1. The van der Waals surface area contributed by atoms with Gasteiger partial charge in [0.15, 0.2) is 0 Å². The van der Waals surface area contributed by atoms with E-state index in [9.17, 15) is 8.42 Å². The average molecular weight is 390 g/mol. The molecule has 0 bridgehead atoms. The summed E-state index contributed by atoms with van der Waals surface area (Å²) in [5.41, 5.74) is 1.55. The fraction of sp³-hybridized carbons (Fsp3) is 0.467. The summed E-state index contributed by atoms with van der Waals surface area (Å²) in [7, 11) is -0.811. The monoisotopic (exact) mass is 389 g/mol. The molecule has 1 N–H and O–H groups in total. The molecular weight excluding hydrogens is 370 g/mol. The Hall–Kier alpha value is -1.84. The number of hydrogen-bond donors (Lipinski definition) is 1. The maximum atomic E-state index is 12.3. The van der Waals surface area contributed by atoms with Gasteiger partial charge in [-0.2, -0.15) is 0 Å². The second-order valence-corrected chi connectivity index (χ2v) is 7.66. The predicted molar refractivity (Wildman–Crippen MR) is 96.3 cm³/mol. The lowest BCUT2D eigenvalue weighted by molar-refractivity contribution is 0.291. The van der Waals surface area contributed by atoms with Gasteiger partial charge in [0, 0.05) is 13.2 Å². The molecule has 0 saturated heterocycles. The smallest absolute Gasteiger partial charge is 0.278 e. The number of anilines is 1. The van der Waals surface area contributed by atoms with Crippen molar-refractivity contribution in [2.24, 2.45) is 0 Å². The van der Waals surface area contributed by atoms with Crippen LogP contribution < -0.4 is 13.8 Å². The van der Waals surface area contributed by atoms with E-state index >= 15 is 0 Å². The molecule has 0 aliphatic carbocycles. The van der Waals surface area contributed by atoms with Crippen LogP contribution >= 0.6 is 11.6 Å². The first-order chi connectivity index (χ1) is 11.7. The van der Waals surface area contributed by atoms with Crippen molar-refractivity contribution in [1.29, 1.82) is 0 Å². The number of nitrogens with zero attached hydrogens (tertiary/aromatic N) is 3. The number of ether oxygens (including phenoxy) is 2. The second-order valence-electron chi connectivity index (χ2n) is 5.38. The highest BCUT2D eigenvalue weighted by Crippen LogP contribution is 2.39. The van der Waals surface area contributed by atoms with Crippen LogP contribution in [0.2, 0.25) is 5.02 Å². The quantitative estimate of drug-likeness (QED) is 0.769. The van der Waals surface area contributed by atoms with Gasteiger partial charge in [-0.05, 0) is 25.0 Å². The van der Waals surface area contributed by atoms with E-state index in [4.69, 9.17) is 26.2 Å². The van der Waals surface area contributed by atoms with E-state index in [1.165, 1.54) is 14.2 Å². The van der Waals surface area contributed by atoms with Crippen LogP contribution in [0.15, 0.2) is 6.07 Å². The highest BCUT2D eigenvalue weighted by Gasteiger charge is 2.26. The summed E-state index contributed by atoms with van der Waals surface area (Å²) >= 11 is 6.41. The molecule has 1 aromatic carbocycles. The summed E-state index contributed by atoms with van der Waals surface area (Å²) < 4.78 is 36.1. The standard InChI is InChI=1S/C15H20ClN3O5S/c1-9-8-10-12(18-15(24-3)14(17-10)23-2)13(11(9)16)19(6-5-7-20)25(4,21)22/h8,20H,5-7H2,1-4H3. The third-order valence-corrected chi connectivity index (χ3v) is 5.19. The minimum Gasteiger partial charge on any atom is -0.477 e. The van der Waals surface area contributed by atoms with Gasteiger partial charge in [0.1, 0.15) is 5.52 Å². The van der Waals surface area contributed by atoms with Crippen LogP contribution in [0, 0.1) is 6.92 Å². The molecule has 0 unspecified atom stereocenters. The van der Waals surface area contributed by atoms with Crippen molar-refractivity contribution in [1.82, 2.24) is 9.97 Å². The number of aliphatic hydroxyl groups is 1. The van der Waals surface area contributed by atoms with Crippen LogP contribution in [0.25, 0.3) is 11.0 Å². The Morgan fingerprint density at radius 3 is 2.36 bits per heavy atom. The molecule has 2 aromatic rings. The molecule has 10 heteroatoms. The molecule has 0 aliphatic heterocycles. The minimum absolute atomic E-state index is 0.0592. The van der Waals surface area contributed by atoms with Crippen molar-refractivity contribution in [3.63, 3.8) is 0 Å². The Labute approximate surface area is 151 Å². The van der Waals surface area contributed by atoms with Gasteiger partial charge in [-0.25, -0.2) is 18.4 Å². The Balaban J connectivity index is 2.86. The van der Waals surface area contributed by atoms with E-state index in [0.717, 1.165) is 10.6 Å². The zero-order valence-electron chi connectivity index (χ0n) is 14.4. The van der Waals surface area contributed by atoms with Crippen LogP contribution in [0.4, 0.5) is 5.69 Å². The molecule has 0 saturated carbocycles. The molecule has 1 aromatic heterocycles. The Morgan fingerprint density at radius 2 is 1.84 bits per heavy atom. The van der Waals surface area contributed by atoms with Gasteiger partial charge < -0.3 is 14.6 Å². The number of aliphatic hydroxyl groups excluding tert-OH is 1. The van der Waals surface area contributed by atoms with E-state index in [0.29, 0.717) is 11.1 Å². The van der Waals surface area contributed by atoms with Crippen molar-refractivity contribution in [2.75, 3.05) is 37.9 Å². The SMILES string of the molecule is COc1nc2cc(C)c(Cl)c(N(CCCO)S(C)(=O)=O)c2nc1OC. The first-order valence-electron chi connectivity index (χ1n) is 7.42. The first-order valence-corrected chi connectivity index (χ1v) is 9.64. The van der Waals surface area contributed by atoms with Crippen molar-refractivity contribution in [2.45, 2.75) is 13.3 Å². The largest absolute Gasteiger partial charge is 0.477 e. The van der Waals surface area contributed by atoms with Gasteiger partial charge in [0.05, 0.1) is 36.7 Å². The van der Waals surface area contributed by atoms with E-state index < -0.39 is 10.0 Å². The number of halogens is 1. The molecular formula is C15H20ClN3O5S. The minimum atomic E-state index is -3.66. The Kier molecular flexibility index (Phi) is 5.91. The normalized spacial score (nSPS) is 11.6. The van der Waals surface area contributed by atoms with Crippen LogP contribution in [0.3, 0.4) is 0 Å². The van der Waals surface area contributed by atoms with E-state index in [2.05, 4.69) is 9.97 Å².